The van der Waals surface area contributed by atoms with Gasteiger partial charge in [0.05, 0.1) is 5.69 Å². The molecule has 2 N–H and O–H groups in total. The van der Waals surface area contributed by atoms with Crippen LogP contribution in [0.1, 0.15) is 56.2 Å². The number of nitrogens with zero attached hydrogens (tertiary/aromatic N) is 2. The summed E-state index contributed by atoms with van der Waals surface area (Å²) in [5, 5.41) is 18.3. The third kappa shape index (κ3) is 7.70. The van der Waals surface area contributed by atoms with Crippen LogP contribution in [0.15, 0.2) is 47.0 Å². The molecule has 0 atom stereocenters. The molecule has 1 saturated carbocycles. The summed E-state index contributed by atoms with van der Waals surface area (Å²) in [7, 11) is 3.75. The van der Waals surface area contributed by atoms with Gasteiger partial charge in [-0.05, 0) is 95.7 Å². The smallest absolute Gasteiger partial charge is 0.170 e. The summed E-state index contributed by atoms with van der Waals surface area (Å²) in [6.45, 7) is 5.93. The molecule has 2 heterocycles. The van der Waals surface area contributed by atoms with Crippen molar-refractivity contribution in [1.82, 2.24) is 15.4 Å². The molecule has 0 spiro atoms. The molecule has 3 aromatic rings. The van der Waals surface area contributed by atoms with Crippen LogP contribution in [0, 0.1) is 18.3 Å². The third-order valence-corrected chi connectivity index (χ3v) is 8.10. The number of piperidine rings is 1. The fraction of sp³-hybridized carbons (Fsp3) is 0.567. The van der Waals surface area contributed by atoms with Crippen molar-refractivity contribution in [2.75, 3.05) is 40.3 Å². The van der Waals surface area contributed by atoms with Gasteiger partial charge in [-0.15, -0.1) is 24.8 Å². The molecular formula is C30H45Cl2N3O2. The highest BCUT2D eigenvalue weighted by atomic mass is 35.5. The summed E-state index contributed by atoms with van der Waals surface area (Å²) in [5.41, 5.74) is 5.83. The van der Waals surface area contributed by atoms with Crippen LogP contribution in [0.5, 0.6) is 0 Å². The molecule has 1 aromatic heterocycles. The Labute approximate surface area is 235 Å². The Morgan fingerprint density at radius 1 is 1.03 bits per heavy atom. The van der Waals surface area contributed by atoms with Crippen LogP contribution >= 0.6 is 24.8 Å². The highest BCUT2D eigenvalue weighted by Crippen LogP contribution is 2.39. The standard InChI is InChI=1S/C28H36N2O2.C2H7N.2ClH/c1-21-24(23-7-3-2-4-8-23)10-11-25-26(29-32-27(21)25)12-9-22-13-17-30(18-14-22)19-28(20-31)15-5-6-16-28;1-3-2;;/h2-4,7-8,10-11,22,31H,5-6,9,12-20H2,1H3;3H,1-2H3;2*1H. The molecule has 1 aliphatic heterocycles. The molecule has 0 unspecified atom stereocenters. The molecule has 206 valence electrons. The lowest BCUT2D eigenvalue weighted by Crippen LogP contribution is -2.42. The SMILES string of the molecule is CNC.Cc1c(-c2ccccc2)ccc2c(CCC3CCN(CC4(CO)CCCC4)CC3)noc12.Cl.Cl. The predicted octanol–water partition coefficient (Wildman–Crippen LogP) is 6.68. The fourth-order valence-corrected chi connectivity index (χ4v) is 6.04. The van der Waals surface area contributed by atoms with E-state index in [9.17, 15) is 5.11 Å². The number of halogens is 2. The van der Waals surface area contributed by atoms with Gasteiger partial charge < -0.3 is 19.8 Å². The topological polar surface area (TPSA) is 61.5 Å². The maximum absolute atomic E-state index is 9.93. The van der Waals surface area contributed by atoms with Crippen LogP contribution in [0.3, 0.4) is 0 Å². The zero-order valence-corrected chi connectivity index (χ0v) is 24.3. The summed E-state index contributed by atoms with van der Waals surface area (Å²) in [4.78, 5) is 2.61. The largest absolute Gasteiger partial charge is 0.396 e. The normalized spacial score (nSPS) is 17.5. The number of rotatable bonds is 7. The molecule has 0 bridgehead atoms. The minimum atomic E-state index is 0. The van der Waals surface area contributed by atoms with Crippen LogP contribution < -0.4 is 5.32 Å². The molecule has 37 heavy (non-hydrogen) atoms. The van der Waals surface area contributed by atoms with E-state index in [0.29, 0.717) is 6.61 Å². The highest BCUT2D eigenvalue weighted by Gasteiger charge is 2.35. The number of aliphatic hydroxyl groups excluding tert-OH is 1. The second kappa shape index (κ2) is 15.1. The summed E-state index contributed by atoms with van der Waals surface area (Å²) < 4.78 is 5.81. The van der Waals surface area contributed by atoms with Gasteiger partial charge >= 0.3 is 0 Å². The number of benzene rings is 2. The van der Waals surface area contributed by atoms with Gasteiger partial charge in [-0.25, -0.2) is 0 Å². The molecule has 2 fully saturated rings. The second-order valence-corrected chi connectivity index (χ2v) is 10.7. The number of hydrogen-bond donors (Lipinski definition) is 2. The van der Waals surface area contributed by atoms with E-state index in [1.54, 1.807) is 0 Å². The number of hydrogen-bond acceptors (Lipinski definition) is 5. The van der Waals surface area contributed by atoms with E-state index in [0.717, 1.165) is 30.2 Å². The molecule has 5 nitrogen and oxygen atoms in total. The monoisotopic (exact) mass is 549 g/mol. The molecule has 2 aliphatic rings. The maximum Gasteiger partial charge on any atom is 0.170 e. The van der Waals surface area contributed by atoms with Crippen LogP contribution in [-0.4, -0.2) is 55.5 Å². The lowest BCUT2D eigenvalue weighted by molar-refractivity contribution is 0.0602. The Morgan fingerprint density at radius 2 is 1.68 bits per heavy atom. The number of aromatic nitrogens is 1. The molecule has 0 amide bonds. The van der Waals surface area contributed by atoms with E-state index in [2.05, 4.69) is 58.7 Å². The predicted molar refractivity (Wildman–Crippen MR) is 159 cm³/mol. The lowest BCUT2D eigenvalue weighted by Gasteiger charge is -2.38. The first-order valence-corrected chi connectivity index (χ1v) is 13.4. The van der Waals surface area contributed by atoms with E-state index in [-0.39, 0.29) is 30.2 Å². The first kappa shape index (κ1) is 31.6. The van der Waals surface area contributed by atoms with Crippen molar-refractivity contribution in [3.8, 4) is 11.1 Å². The van der Waals surface area contributed by atoms with Crippen LogP contribution in [0.4, 0.5) is 0 Å². The van der Waals surface area contributed by atoms with Crippen molar-refractivity contribution in [2.45, 2.75) is 58.3 Å². The third-order valence-electron chi connectivity index (χ3n) is 8.10. The van der Waals surface area contributed by atoms with Crippen molar-refractivity contribution in [1.29, 1.82) is 0 Å². The van der Waals surface area contributed by atoms with Crippen molar-refractivity contribution < 1.29 is 9.63 Å². The Kier molecular flexibility index (Phi) is 12.9. The maximum atomic E-state index is 9.93. The van der Waals surface area contributed by atoms with E-state index in [1.165, 1.54) is 80.1 Å². The van der Waals surface area contributed by atoms with Gasteiger partial charge in [0.25, 0.3) is 0 Å². The van der Waals surface area contributed by atoms with Gasteiger partial charge in [0.1, 0.15) is 0 Å². The number of nitrogens with one attached hydrogen (secondary N) is 1. The lowest BCUT2D eigenvalue weighted by atomic mass is 9.84. The van der Waals surface area contributed by atoms with Crippen molar-refractivity contribution in [2.24, 2.45) is 11.3 Å². The van der Waals surface area contributed by atoms with Gasteiger partial charge in [0, 0.05) is 29.5 Å². The molecule has 7 heteroatoms. The summed E-state index contributed by atoms with van der Waals surface area (Å²) in [6, 6.07) is 14.9. The Hall–Kier alpha value is -1.63. The minimum Gasteiger partial charge on any atom is -0.396 e. The Balaban J connectivity index is 0.000000919. The Morgan fingerprint density at radius 3 is 2.30 bits per heavy atom. The average Bonchev–Trinajstić information content (AvgIpc) is 3.53. The minimum absolute atomic E-state index is 0. The zero-order valence-electron chi connectivity index (χ0n) is 22.7. The van der Waals surface area contributed by atoms with E-state index in [4.69, 9.17) is 4.52 Å². The van der Waals surface area contributed by atoms with Gasteiger partial charge in [0.15, 0.2) is 5.58 Å². The highest BCUT2D eigenvalue weighted by molar-refractivity contribution is 5.88. The summed E-state index contributed by atoms with van der Waals surface area (Å²) in [5.74, 6) is 0.761. The Bertz CT molecular complexity index is 1060. The fourth-order valence-electron chi connectivity index (χ4n) is 6.04. The quantitative estimate of drug-likeness (QED) is 0.344. The number of aliphatic hydroxyl groups is 1. The average molecular weight is 551 g/mol. The van der Waals surface area contributed by atoms with E-state index in [1.807, 2.05) is 20.2 Å². The molecule has 2 aromatic carbocycles. The van der Waals surface area contributed by atoms with Crippen LogP contribution in [-0.2, 0) is 6.42 Å². The number of fused-ring (bicyclic) bond motifs is 1. The van der Waals surface area contributed by atoms with Gasteiger partial charge in [-0.2, -0.15) is 0 Å². The zero-order chi connectivity index (χ0) is 24.7. The molecular weight excluding hydrogens is 505 g/mol. The van der Waals surface area contributed by atoms with E-state index < -0.39 is 0 Å². The van der Waals surface area contributed by atoms with Crippen molar-refractivity contribution in [3.05, 3.63) is 53.7 Å². The first-order chi connectivity index (χ1) is 17.1. The number of likely N-dealkylation sites (tertiary alicyclic amines) is 1. The van der Waals surface area contributed by atoms with Crippen molar-refractivity contribution >= 4 is 35.8 Å². The summed E-state index contributed by atoms with van der Waals surface area (Å²) in [6.07, 6.45) is 9.66. The number of aryl methyl sites for hydroxylation is 2. The first-order valence-electron chi connectivity index (χ1n) is 13.4. The molecule has 1 aliphatic carbocycles. The van der Waals surface area contributed by atoms with Gasteiger partial charge in [-0.3, -0.25) is 0 Å². The molecule has 1 saturated heterocycles. The van der Waals surface area contributed by atoms with Crippen LogP contribution in [0.2, 0.25) is 0 Å². The van der Waals surface area contributed by atoms with E-state index >= 15 is 0 Å². The van der Waals surface area contributed by atoms with Crippen LogP contribution in [0.25, 0.3) is 22.1 Å². The van der Waals surface area contributed by atoms with Gasteiger partial charge in [0.2, 0.25) is 0 Å². The van der Waals surface area contributed by atoms with Crippen molar-refractivity contribution in [3.63, 3.8) is 0 Å². The summed E-state index contributed by atoms with van der Waals surface area (Å²) >= 11 is 0. The second-order valence-electron chi connectivity index (χ2n) is 10.7. The molecule has 5 rings (SSSR count). The molecule has 0 radical (unpaired) electrons. The van der Waals surface area contributed by atoms with Gasteiger partial charge in [-0.1, -0.05) is 54.4 Å².